The van der Waals surface area contributed by atoms with E-state index in [1.165, 1.54) is 10.4 Å². The first-order chi connectivity index (χ1) is 11.1. The standard InChI is InChI=1S/C17H16N4OS/c1-10-7-14-16(18-9-19-17(14)23-10)20-13-3-4-15-12(8-13)5-6-21(15)11(2)22/h3-4,7-9H,5-6H2,1-2H3,(H,18,19,20). The number of rotatable bonds is 2. The molecule has 4 rings (SSSR count). The maximum atomic E-state index is 11.6. The molecule has 2 aromatic heterocycles. The van der Waals surface area contributed by atoms with E-state index in [2.05, 4.69) is 34.3 Å². The molecule has 0 atom stereocenters. The Bertz CT molecular complexity index is 918. The van der Waals surface area contributed by atoms with E-state index in [-0.39, 0.29) is 5.91 Å². The van der Waals surface area contributed by atoms with Gasteiger partial charge in [-0.05, 0) is 43.2 Å². The van der Waals surface area contributed by atoms with Crippen LogP contribution in [0.4, 0.5) is 17.2 Å². The quantitative estimate of drug-likeness (QED) is 0.781. The van der Waals surface area contributed by atoms with Gasteiger partial charge in [0.2, 0.25) is 5.91 Å². The number of benzene rings is 1. The molecule has 1 N–H and O–H groups in total. The Morgan fingerprint density at radius 3 is 3.00 bits per heavy atom. The molecular formula is C17H16N4OS. The SMILES string of the molecule is CC(=O)N1CCc2cc(Nc3ncnc4sc(C)cc34)ccc21. The Morgan fingerprint density at radius 1 is 1.30 bits per heavy atom. The predicted octanol–water partition coefficient (Wildman–Crippen LogP) is 3.65. The van der Waals surface area contributed by atoms with Crippen LogP contribution in [0.1, 0.15) is 17.4 Å². The van der Waals surface area contributed by atoms with E-state index >= 15 is 0 Å². The van der Waals surface area contributed by atoms with Crippen molar-refractivity contribution in [1.29, 1.82) is 0 Å². The number of aromatic nitrogens is 2. The van der Waals surface area contributed by atoms with Crippen molar-refractivity contribution >= 4 is 44.7 Å². The zero-order valence-electron chi connectivity index (χ0n) is 13.0. The fourth-order valence-corrected chi connectivity index (χ4v) is 3.87. The predicted molar refractivity (Wildman–Crippen MR) is 93.6 cm³/mol. The second-order valence-corrected chi connectivity index (χ2v) is 6.92. The van der Waals surface area contributed by atoms with Crippen LogP contribution in [0, 0.1) is 6.92 Å². The van der Waals surface area contributed by atoms with Gasteiger partial charge in [0, 0.05) is 29.7 Å². The van der Waals surface area contributed by atoms with Crippen LogP contribution in [-0.2, 0) is 11.2 Å². The number of hydrogen-bond donors (Lipinski definition) is 1. The summed E-state index contributed by atoms with van der Waals surface area (Å²) in [4.78, 5) is 24.3. The maximum Gasteiger partial charge on any atom is 0.223 e. The minimum Gasteiger partial charge on any atom is -0.340 e. The zero-order valence-corrected chi connectivity index (χ0v) is 13.8. The minimum atomic E-state index is 0.0933. The summed E-state index contributed by atoms with van der Waals surface area (Å²) in [6.45, 7) is 4.44. The Kier molecular flexibility index (Phi) is 3.27. The van der Waals surface area contributed by atoms with Gasteiger partial charge < -0.3 is 10.2 Å². The number of anilines is 3. The lowest BCUT2D eigenvalue weighted by atomic mass is 10.1. The van der Waals surface area contributed by atoms with Gasteiger partial charge in [-0.15, -0.1) is 11.3 Å². The van der Waals surface area contributed by atoms with E-state index in [1.54, 1.807) is 24.6 Å². The zero-order chi connectivity index (χ0) is 16.0. The van der Waals surface area contributed by atoms with Crippen LogP contribution in [0.25, 0.3) is 10.2 Å². The average Bonchev–Trinajstić information content (AvgIpc) is 3.10. The minimum absolute atomic E-state index is 0.0933. The van der Waals surface area contributed by atoms with Crippen LogP contribution in [-0.4, -0.2) is 22.4 Å². The molecule has 0 fully saturated rings. The first kappa shape index (κ1) is 14.1. The molecule has 1 aliphatic rings. The van der Waals surface area contributed by atoms with E-state index in [9.17, 15) is 4.79 Å². The molecular weight excluding hydrogens is 308 g/mol. The molecule has 0 bridgehead atoms. The van der Waals surface area contributed by atoms with Gasteiger partial charge in [-0.25, -0.2) is 9.97 Å². The molecule has 1 amide bonds. The summed E-state index contributed by atoms with van der Waals surface area (Å²) in [6.07, 6.45) is 2.48. The number of aryl methyl sites for hydroxylation is 1. The van der Waals surface area contributed by atoms with E-state index in [4.69, 9.17) is 0 Å². The van der Waals surface area contributed by atoms with Crippen LogP contribution in [0.15, 0.2) is 30.6 Å². The second kappa shape index (κ2) is 5.31. The fourth-order valence-electron chi connectivity index (χ4n) is 3.02. The van der Waals surface area contributed by atoms with E-state index in [0.29, 0.717) is 0 Å². The van der Waals surface area contributed by atoms with Gasteiger partial charge in [0.15, 0.2) is 0 Å². The van der Waals surface area contributed by atoms with Crippen molar-refractivity contribution < 1.29 is 4.79 Å². The first-order valence-electron chi connectivity index (χ1n) is 7.51. The van der Waals surface area contributed by atoms with Crippen molar-refractivity contribution in [2.75, 3.05) is 16.8 Å². The number of fused-ring (bicyclic) bond motifs is 2. The Morgan fingerprint density at radius 2 is 2.17 bits per heavy atom. The summed E-state index contributed by atoms with van der Waals surface area (Å²) in [7, 11) is 0. The highest BCUT2D eigenvalue weighted by molar-refractivity contribution is 7.18. The highest BCUT2D eigenvalue weighted by atomic mass is 32.1. The van der Waals surface area contributed by atoms with Crippen molar-refractivity contribution in [2.24, 2.45) is 0 Å². The molecule has 116 valence electrons. The number of amides is 1. The maximum absolute atomic E-state index is 11.6. The van der Waals surface area contributed by atoms with Gasteiger partial charge >= 0.3 is 0 Å². The van der Waals surface area contributed by atoms with Gasteiger partial charge in [0.05, 0.1) is 5.39 Å². The topological polar surface area (TPSA) is 58.1 Å². The molecule has 5 nitrogen and oxygen atoms in total. The molecule has 1 aromatic carbocycles. The summed E-state index contributed by atoms with van der Waals surface area (Å²) >= 11 is 1.67. The second-order valence-electron chi connectivity index (χ2n) is 5.69. The van der Waals surface area contributed by atoms with Crippen molar-refractivity contribution in [2.45, 2.75) is 20.3 Å². The number of thiophene rings is 1. The van der Waals surface area contributed by atoms with Gasteiger partial charge in [-0.2, -0.15) is 0 Å². The summed E-state index contributed by atoms with van der Waals surface area (Å²) in [5, 5.41) is 4.43. The average molecular weight is 324 g/mol. The highest BCUT2D eigenvalue weighted by Gasteiger charge is 2.22. The van der Waals surface area contributed by atoms with Crippen molar-refractivity contribution in [3.63, 3.8) is 0 Å². The van der Waals surface area contributed by atoms with Crippen molar-refractivity contribution in [1.82, 2.24) is 9.97 Å². The lowest BCUT2D eigenvalue weighted by Crippen LogP contribution is -2.25. The number of hydrogen-bond acceptors (Lipinski definition) is 5. The van der Waals surface area contributed by atoms with Gasteiger partial charge in [-0.1, -0.05) is 0 Å². The van der Waals surface area contributed by atoms with E-state index in [0.717, 1.165) is 40.4 Å². The molecule has 6 heteroatoms. The van der Waals surface area contributed by atoms with E-state index in [1.807, 2.05) is 17.0 Å². The lowest BCUT2D eigenvalue weighted by Gasteiger charge is -2.15. The molecule has 0 saturated heterocycles. The molecule has 0 radical (unpaired) electrons. The van der Waals surface area contributed by atoms with Crippen LogP contribution in [0.5, 0.6) is 0 Å². The van der Waals surface area contributed by atoms with Crippen LogP contribution in [0.2, 0.25) is 0 Å². The van der Waals surface area contributed by atoms with Gasteiger partial charge in [0.25, 0.3) is 0 Å². The summed E-state index contributed by atoms with van der Waals surface area (Å²) in [5.74, 6) is 0.913. The fraction of sp³-hybridized carbons (Fsp3) is 0.235. The van der Waals surface area contributed by atoms with Crippen LogP contribution in [0.3, 0.4) is 0 Å². The third kappa shape index (κ3) is 2.45. The Balaban J connectivity index is 1.68. The van der Waals surface area contributed by atoms with Crippen LogP contribution < -0.4 is 10.2 Å². The monoisotopic (exact) mass is 324 g/mol. The number of carbonyl (C=O) groups excluding carboxylic acids is 1. The molecule has 0 spiro atoms. The summed E-state index contributed by atoms with van der Waals surface area (Å²) in [6, 6.07) is 8.20. The van der Waals surface area contributed by atoms with Crippen molar-refractivity contribution in [3.8, 4) is 0 Å². The Labute approximate surface area is 138 Å². The highest BCUT2D eigenvalue weighted by Crippen LogP contribution is 2.33. The van der Waals surface area contributed by atoms with Crippen LogP contribution >= 0.6 is 11.3 Å². The molecule has 0 aliphatic carbocycles. The lowest BCUT2D eigenvalue weighted by molar-refractivity contribution is -0.116. The Hall–Kier alpha value is -2.47. The molecule has 3 aromatic rings. The third-order valence-corrected chi connectivity index (χ3v) is 5.03. The third-order valence-electron chi connectivity index (χ3n) is 4.07. The number of carbonyl (C=O) groups is 1. The largest absolute Gasteiger partial charge is 0.340 e. The summed E-state index contributed by atoms with van der Waals surface area (Å²) in [5.41, 5.74) is 3.19. The normalized spacial score (nSPS) is 13.4. The number of nitrogens with one attached hydrogen (secondary N) is 1. The van der Waals surface area contributed by atoms with Crippen molar-refractivity contribution in [3.05, 3.63) is 41.0 Å². The summed E-state index contributed by atoms with van der Waals surface area (Å²) < 4.78 is 0. The molecule has 0 unspecified atom stereocenters. The molecule has 23 heavy (non-hydrogen) atoms. The first-order valence-corrected chi connectivity index (χ1v) is 8.32. The van der Waals surface area contributed by atoms with E-state index < -0.39 is 0 Å². The van der Waals surface area contributed by atoms with Gasteiger partial charge in [-0.3, -0.25) is 4.79 Å². The van der Waals surface area contributed by atoms with Gasteiger partial charge in [0.1, 0.15) is 17.0 Å². The number of nitrogens with zero attached hydrogens (tertiary/aromatic N) is 3. The molecule has 3 heterocycles. The molecule has 1 aliphatic heterocycles. The smallest absolute Gasteiger partial charge is 0.223 e. The molecule has 0 saturated carbocycles.